The summed E-state index contributed by atoms with van der Waals surface area (Å²) in [6, 6.07) is 20.7. The van der Waals surface area contributed by atoms with Crippen LogP contribution in [0.4, 0.5) is 0 Å². The highest BCUT2D eigenvalue weighted by Crippen LogP contribution is 2.18. The number of rotatable bonds is 5. The molecule has 0 spiro atoms. The molecule has 138 valence electrons. The fourth-order valence-electron chi connectivity index (χ4n) is 2.68. The van der Waals surface area contributed by atoms with Crippen molar-refractivity contribution in [1.82, 2.24) is 0 Å². The molecule has 0 bridgehead atoms. The minimum atomic E-state index is -1.05. The first kappa shape index (κ1) is 19.9. The number of hydrogen-bond donors (Lipinski definition) is 0. The third-order valence-electron chi connectivity index (χ3n) is 4.01. The van der Waals surface area contributed by atoms with Crippen molar-refractivity contribution in [3.05, 3.63) is 90.0 Å². The van der Waals surface area contributed by atoms with Gasteiger partial charge in [-0.05, 0) is 34.4 Å². The summed E-state index contributed by atoms with van der Waals surface area (Å²) < 4.78 is 0. The number of aliphatic carboxylic acids is 2. The van der Waals surface area contributed by atoms with E-state index in [1.165, 1.54) is 0 Å². The van der Waals surface area contributed by atoms with Gasteiger partial charge in [-0.2, -0.15) is 0 Å². The first-order valence-corrected chi connectivity index (χ1v) is 8.48. The average Bonchev–Trinajstić information content (AvgIpc) is 2.62. The number of carboxylic acid groups (broad SMARTS) is 2. The highest BCUT2D eigenvalue weighted by molar-refractivity contribution is 5.88. The molecule has 0 amide bonds. The number of benzene rings is 3. The zero-order valence-corrected chi connectivity index (χ0v) is 15.1. The zero-order chi connectivity index (χ0) is 19.8. The molecule has 3 aromatic rings. The lowest BCUT2D eigenvalue weighted by Gasteiger charge is -2.06. The maximum absolute atomic E-state index is 10.5. The Morgan fingerprint density at radius 1 is 0.815 bits per heavy atom. The van der Waals surface area contributed by atoms with Crippen LogP contribution < -0.4 is 10.2 Å². The third kappa shape index (κ3) is 6.12. The van der Waals surface area contributed by atoms with Gasteiger partial charge < -0.3 is 19.8 Å². The maximum atomic E-state index is 10.5. The van der Waals surface area contributed by atoms with Gasteiger partial charge >= 0.3 is 0 Å². The number of fused-ring (bicyclic) bond motifs is 1. The number of carbonyl (C=O) groups is 2. The first-order chi connectivity index (χ1) is 12.9. The molecule has 27 heavy (non-hydrogen) atoms. The van der Waals surface area contributed by atoms with Crippen LogP contribution in [0.1, 0.15) is 23.6 Å². The summed E-state index contributed by atoms with van der Waals surface area (Å²) in [6.45, 7) is 5.70. The first-order valence-electron chi connectivity index (χ1n) is 8.48. The van der Waals surface area contributed by atoms with Gasteiger partial charge in [-0.3, -0.25) is 0 Å². The molecule has 0 unspecified atom stereocenters. The van der Waals surface area contributed by atoms with Crippen molar-refractivity contribution >= 4 is 28.3 Å². The van der Waals surface area contributed by atoms with Crippen LogP contribution in [0.5, 0.6) is 0 Å². The maximum Gasteiger partial charge on any atom is 0.0458 e. The van der Waals surface area contributed by atoms with Gasteiger partial charge in [0.15, 0.2) is 0 Å². The second-order valence-corrected chi connectivity index (χ2v) is 6.21. The molecule has 0 heterocycles. The topological polar surface area (TPSA) is 80.3 Å². The summed E-state index contributed by atoms with van der Waals surface area (Å²) in [6.07, 6.45) is -0.0577. The van der Waals surface area contributed by atoms with E-state index in [-0.39, 0.29) is 12.8 Å². The molecule has 0 N–H and O–H groups in total. The molecule has 0 aliphatic rings. The summed E-state index contributed by atoms with van der Waals surface area (Å²) >= 11 is 0. The Morgan fingerprint density at radius 3 is 2.00 bits per heavy atom. The Hall–Kier alpha value is -3.40. The van der Waals surface area contributed by atoms with Crippen LogP contribution >= 0.6 is 0 Å². The molecule has 0 saturated carbocycles. The van der Waals surface area contributed by atoms with Crippen molar-refractivity contribution in [2.45, 2.75) is 19.8 Å². The Morgan fingerprint density at radius 2 is 1.41 bits per heavy atom. The highest BCUT2D eigenvalue weighted by Gasteiger charge is 1.99. The molecule has 3 rings (SSSR count). The monoisotopic (exact) mass is 360 g/mol. The Balaban J connectivity index is 0.000000194. The van der Waals surface area contributed by atoms with Crippen LogP contribution in [-0.2, 0) is 22.4 Å². The summed E-state index contributed by atoms with van der Waals surface area (Å²) in [7, 11) is 0. The lowest BCUT2D eigenvalue weighted by Crippen LogP contribution is -2.24. The van der Waals surface area contributed by atoms with Crippen molar-refractivity contribution in [3.63, 3.8) is 0 Å². The van der Waals surface area contributed by atoms with Crippen molar-refractivity contribution < 1.29 is 19.8 Å². The molecule has 0 radical (unpaired) electrons. The standard InChI is InChI=1S/C12H10O2.C11H12O2/c13-12(14)8-10-6-3-5-9-4-1-2-7-11(9)10;1-8(2)10-5-3-9(4-6-10)7-11(12)13/h1-7H,8H2,(H,13,14);3-6H,1,7H2,2H3,(H,12,13)/p-2. The summed E-state index contributed by atoms with van der Waals surface area (Å²) in [5.74, 6) is -2.09. The van der Waals surface area contributed by atoms with Crippen LogP contribution in [0.2, 0.25) is 0 Å². The van der Waals surface area contributed by atoms with Gasteiger partial charge in [-0.25, -0.2) is 0 Å². The smallest absolute Gasteiger partial charge is 0.0458 e. The molecule has 0 saturated heterocycles. The molecule has 4 heteroatoms. The quantitative estimate of drug-likeness (QED) is 0.698. The average molecular weight is 360 g/mol. The molecule has 0 fully saturated rings. The van der Waals surface area contributed by atoms with E-state index < -0.39 is 11.9 Å². The van der Waals surface area contributed by atoms with Crippen molar-refractivity contribution in [2.75, 3.05) is 0 Å². The summed E-state index contributed by atoms with van der Waals surface area (Å²) in [5, 5.41) is 22.8. The van der Waals surface area contributed by atoms with Crippen LogP contribution in [0, 0.1) is 0 Å². The minimum absolute atomic E-state index is 0.0264. The van der Waals surface area contributed by atoms with Crippen LogP contribution in [0.15, 0.2) is 73.3 Å². The molecule has 0 aromatic heterocycles. The van der Waals surface area contributed by atoms with Gasteiger partial charge in [-0.1, -0.05) is 78.9 Å². The van der Waals surface area contributed by atoms with E-state index in [4.69, 9.17) is 0 Å². The molecule has 0 atom stereocenters. The second-order valence-electron chi connectivity index (χ2n) is 6.21. The Bertz CT molecular complexity index is 950. The third-order valence-corrected chi connectivity index (χ3v) is 4.01. The molecule has 4 nitrogen and oxygen atoms in total. The van der Waals surface area contributed by atoms with E-state index in [0.717, 1.165) is 33.0 Å². The van der Waals surface area contributed by atoms with Crippen LogP contribution in [0.25, 0.3) is 16.3 Å². The fraction of sp³-hybridized carbons (Fsp3) is 0.130. The van der Waals surface area contributed by atoms with Crippen molar-refractivity contribution in [1.29, 1.82) is 0 Å². The number of carbonyl (C=O) groups excluding carboxylic acids is 2. The normalized spacial score (nSPS) is 9.96. The van der Waals surface area contributed by atoms with Crippen molar-refractivity contribution in [2.24, 2.45) is 0 Å². The summed E-state index contributed by atoms with van der Waals surface area (Å²) in [5.41, 5.74) is 3.56. The lowest BCUT2D eigenvalue weighted by atomic mass is 10.0. The van der Waals surface area contributed by atoms with Gasteiger partial charge in [0.25, 0.3) is 0 Å². The van der Waals surface area contributed by atoms with Gasteiger partial charge in [0.1, 0.15) is 0 Å². The highest BCUT2D eigenvalue weighted by atomic mass is 16.4. The van der Waals surface area contributed by atoms with Gasteiger partial charge in [0.05, 0.1) is 0 Å². The van der Waals surface area contributed by atoms with E-state index >= 15 is 0 Å². The lowest BCUT2D eigenvalue weighted by molar-refractivity contribution is -0.306. The zero-order valence-electron chi connectivity index (χ0n) is 15.1. The Kier molecular flexibility index (Phi) is 6.89. The predicted octanol–water partition coefficient (Wildman–Crippen LogP) is 2.14. The second kappa shape index (κ2) is 9.34. The van der Waals surface area contributed by atoms with Crippen LogP contribution in [-0.4, -0.2) is 11.9 Å². The van der Waals surface area contributed by atoms with Gasteiger partial charge in [-0.15, -0.1) is 0 Å². The number of hydrogen-bond acceptors (Lipinski definition) is 4. The summed E-state index contributed by atoms with van der Waals surface area (Å²) in [4.78, 5) is 20.8. The van der Waals surface area contributed by atoms with Gasteiger partial charge in [0.2, 0.25) is 0 Å². The SMILES string of the molecule is C=C(C)c1ccc(CC(=O)[O-])cc1.O=C([O-])Cc1cccc2ccccc12. The molecular formula is C23H20O4-2. The molecular weight excluding hydrogens is 340 g/mol. The fourth-order valence-corrected chi connectivity index (χ4v) is 2.68. The van der Waals surface area contributed by atoms with E-state index in [2.05, 4.69) is 6.58 Å². The van der Waals surface area contributed by atoms with Crippen molar-refractivity contribution in [3.8, 4) is 0 Å². The molecule has 0 aliphatic carbocycles. The Labute approximate surface area is 158 Å². The van der Waals surface area contributed by atoms with E-state index in [1.54, 1.807) is 12.1 Å². The largest absolute Gasteiger partial charge is 0.550 e. The van der Waals surface area contributed by atoms with E-state index in [1.807, 2.05) is 61.5 Å². The molecule has 3 aromatic carbocycles. The van der Waals surface area contributed by atoms with Gasteiger partial charge in [0, 0.05) is 24.8 Å². The predicted molar refractivity (Wildman–Crippen MR) is 103 cm³/mol. The molecule has 0 aliphatic heterocycles. The number of allylic oxidation sites excluding steroid dienone is 1. The number of carboxylic acids is 2. The van der Waals surface area contributed by atoms with E-state index in [0.29, 0.717) is 0 Å². The van der Waals surface area contributed by atoms with Crippen LogP contribution in [0.3, 0.4) is 0 Å². The minimum Gasteiger partial charge on any atom is -0.550 e. The van der Waals surface area contributed by atoms with E-state index in [9.17, 15) is 19.8 Å².